The zero-order valence-corrected chi connectivity index (χ0v) is 10.6. The van der Waals surface area contributed by atoms with Crippen LogP contribution in [0.2, 0.25) is 0 Å². The maximum atomic E-state index is 13.3. The number of nitrogens with one attached hydrogen (secondary N) is 2. The van der Waals surface area contributed by atoms with Gasteiger partial charge in [-0.1, -0.05) is 25.1 Å². The van der Waals surface area contributed by atoms with Gasteiger partial charge in [-0.15, -0.1) is 0 Å². The van der Waals surface area contributed by atoms with Crippen LogP contribution in [0, 0.1) is 17.7 Å². The average molecular weight is 250 g/mol. The van der Waals surface area contributed by atoms with Crippen LogP contribution in [0.5, 0.6) is 0 Å². The summed E-state index contributed by atoms with van der Waals surface area (Å²) in [6, 6.07) is 6.67. The lowest BCUT2D eigenvalue weighted by Crippen LogP contribution is -2.49. The van der Waals surface area contributed by atoms with E-state index in [1.807, 2.05) is 13.0 Å². The molecule has 1 heterocycles. The molecular weight excluding hydrogens is 231 g/mol. The molecule has 0 aliphatic carbocycles. The highest BCUT2D eigenvalue weighted by molar-refractivity contribution is 5.78. The molecule has 1 unspecified atom stereocenters. The summed E-state index contributed by atoms with van der Waals surface area (Å²) >= 11 is 0. The van der Waals surface area contributed by atoms with Gasteiger partial charge in [-0.25, -0.2) is 4.39 Å². The molecule has 1 aromatic carbocycles. The first-order valence-electron chi connectivity index (χ1n) is 6.40. The second-order valence-corrected chi connectivity index (χ2v) is 4.84. The number of hydrogen-bond donors (Lipinski definition) is 2. The molecule has 2 N–H and O–H groups in total. The van der Waals surface area contributed by atoms with E-state index in [4.69, 9.17) is 0 Å². The topological polar surface area (TPSA) is 41.1 Å². The largest absolute Gasteiger partial charge is 0.356 e. The number of hydrogen-bond acceptors (Lipinski definition) is 2. The number of benzene rings is 1. The lowest BCUT2D eigenvalue weighted by atomic mass is 9.88. The van der Waals surface area contributed by atoms with Gasteiger partial charge in [-0.2, -0.15) is 0 Å². The van der Waals surface area contributed by atoms with Crippen molar-refractivity contribution in [2.75, 3.05) is 19.6 Å². The van der Waals surface area contributed by atoms with Crippen LogP contribution < -0.4 is 10.6 Å². The van der Waals surface area contributed by atoms with Crippen molar-refractivity contribution in [2.45, 2.75) is 13.3 Å². The standard InChI is InChI=1S/C14H19FN2O/c1-10(12-8-16-9-12)14(18)17-7-6-11-4-2-3-5-13(11)15/h2-5,10,12,16H,6-9H2,1H3,(H,17,18). The van der Waals surface area contributed by atoms with Crippen LogP contribution in [0.1, 0.15) is 12.5 Å². The minimum absolute atomic E-state index is 0.0341. The van der Waals surface area contributed by atoms with Crippen molar-refractivity contribution in [3.8, 4) is 0 Å². The van der Waals surface area contributed by atoms with Gasteiger partial charge >= 0.3 is 0 Å². The van der Waals surface area contributed by atoms with Crippen molar-refractivity contribution in [2.24, 2.45) is 11.8 Å². The van der Waals surface area contributed by atoms with Crippen molar-refractivity contribution in [3.05, 3.63) is 35.6 Å². The molecule has 1 fully saturated rings. The lowest BCUT2D eigenvalue weighted by Gasteiger charge is -2.31. The molecule has 1 aliphatic rings. The molecule has 1 aliphatic heterocycles. The molecule has 1 amide bonds. The third-order valence-electron chi connectivity index (χ3n) is 3.59. The normalized spacial score (nSPS) is 17.0. The monoisotopic (exact) mass is 250 g/mol. The number of carbonyl (C=O) groups is 1. The Morgan fingerprint density at radius 2 is 2.22 bits per heavy atom. The quantitative estimate of drug-likeness (QED) is 0.828. The number of rotatable bonds is 5. The summed E-state index contributed by atoms with van der Waals surface area (Å²) in [4.78, 5) is 11.8. The van der Waals surface area contributed by atoms with Crippen LogP contribution >= 0.6 is 0 Å². The molecule has 18 heavy (non-hydrogen) atoms. The van der Waals surface area contributed by atoms with E-state index in [1.165, 1.54) is 6.07 Å². The number of carbonyl (C=O) groups excluding carboxylic acids is 1. The van der Waals surface area contributed by atoms with E-state index in [1.54, 1.807) is 12.1 Å². The Labute approximate surface area is 107 Å². The summed E-state index contributed by atoms with van der Waals surface area (Å²) < 4.78 is 13.3. The van der Waals surface area contributed by atoms with Crippen LogP contribution in [0.25, 0.3) is 0 Å². The van der Waals surface area contributed by atoms with Crippen LogP contribution in [0.15, 0.2) is 24.3 Å². The van der Waals surface area contributed by atoms with Crippen molar-refractivity contribution in [1.82, 2.24) is 10.6 Å². The molecule has 0 saturated carbocycles. The van der Waals surface area contributed by atoms with E-state index in [-0.39, 0.29) is 17.6 Å². The van der Waals surface area contributed by atoms with E-state index in [2.05, 4.69) is 10.6 Å². The van der Waals surface area contributed by atoms with Gasteiger partial charge in [0.05, 0.1) is 0 Å². The predicted octanol–water partition coefficient (Wildman–Crippen LogP) is 1.34. The van der Waals surface area contributed by atoms with Gasteiger partial charge in [0.25, 0.3) is 0 Å². The Kier molecular flexibility index (Phi) is 4.31. The molecule has 98 valence electrons. The molecule has 1 saturated heterocycles. The second kappa shape index (κ2) is 5.96. The van der Waals surface area contributed by atoms with E-state index in [0.717, 1.165) is 13.1 Å². The van der Waals surface area contributed by atoms with Gasteiger partial charge in [0.1, 0.15) is 5.82 Å². The van der Waals surface area contributed by atoms with Gasteiger partial charge in [0, 0.05) is 12.5 Å². The first-order valence-corrected chi connectivity index (χ1v) is 6.40. The molecule has 0 bridgehead atoms. The summed E-state index contributed by atoms with van der Waals surface area (Å²) in [7, 11) is 0. The average Bonchev–Trinajstić information content (AvgIpc) is 2.29. The minimum atomic E-state index is -0.206. The number of amides is 1. The summed E-state index contributed by atoms with van der Waals surface area (Å²) in [5.41, 5.74) is 0.649. The van der Waals surface area contributed by atoms with Crippen molar-refractivity contribution < 1.29 is 9.18 Å². The lowest BCUT2D eigenvalue weighted by molar-refractivity contribution is -0.126. The van der Waals surface area contributed by atoms with Crippen LogP contribution in [-0.2, 0) is 11.2 Å². The molecule has 0 spiro atoms. The fraction of sp³-hybridized carbons (Fsp3) is 0.500. The highest BCUT2D eigenvalue weighted by Crippen LogP contribution is 2.15. The van der Waals surface area contributed by atoms with E-state index in [0.29, 0.717) is 24.4 Å². The molecular formula is C14H19FN2O. The Bertz CT molecular complexity index is 418. The zero-order valence-electron chi connectivity index (χ0n) is 10.6. The van der Waals surface area contributed by atoms with Crippen molar-refractivity contribution in [3.63, 3.8) is 0 Å². The van der Waals surface area contributed by atoms with Gasteiger partial charge in [0.15, 0.2) is 0 Å². The van der Waals surface area contributed by atoms with Crippen LogP contribution in [0.4, 0.5) is 4.39 Å². The number of halogens is 1. The van der Waals surface area contributed by atoms with Gasteiger partial charge in [0.2, 0.25) is 5.91 Å². The van der Waals surface area contributed by atoms with Crippen molar-refractivity contribution >= 4 is 5.91 Å². The molecule has 2 rings (SSSR count). The van der Waals surface area contributed by atoms with E-state index >= 15 is 0 Å². The van der Waals surface area contributed by atoms with Gasteiger partial charge < -0.3 is 10.6 Å². The van der Waals surface area contributed by atoms with Gasteiger partial charge in [-0.3, -0.25) is 4.79 Å². The third kappa shape index (κ3) is 3.07. The predicted molar refractivity (Wildman–Crippen MR) is 68.6 cm³/mol. The smallest absolute Gasteiger partial charge is 0.223 e. The highest BCUT2D eigenvalue weighted by atomic mass is 19.1. The molecule has 3 nitrogen and oxygen atoms in total. The maximum absolute atomic E-state index is 13.3. The Morgan fingerprint density at radius 1 is 1.50 bits per heavy atom. The zero-order chi connectivity index (χ0) is 13.0. The Morgan fingerprint density at radius 3 is 2.83 bits per heavy atom. The minimum Gasteiger partial charge on any atom is -0.356 e. The Balaban J connectivity index is 1.75. The fourth-order valence-electron chi connectivity index (χ4n) is 2.06. The third-order valence-corrected chi connectivity index (χ3v) is 3.59. The Hall–Kier alpha value is -1.42. The first-order chi connectivity index (χ1) is 8.68. The molecule has 1 aromatic rings. The van der Waals surface area contributed by atoms with E-state index < -0.39 is 0 Å². The van der Waals surface area contributed by atoms with Crippen LogP contribution in [0.3, 0.4) is 0 Å². The maximum Gasteiger partial charge on any atom is 0.223 e. The fourth-order valence-corrected chi connectivity index (χ4v) is 2.06. The SMILES string of the molecule is CC(C(=O)NCCc1ccccc1F)C1CNC1. The van der Waals surface area contributed by atoms with Crippen molar-refractivity contribution in [1.29, 1.82) is 0 Å². The summed E-state index contributed by atoms with van der Waals surface area (Å²) in [5.74, 6) is 0.339. The second-order valence-electron chi connectivity index (χ2n) is 4.84. The van der Waals surface area contributed by atoms with Gasteiger partial charge in [-0.05, 0) is 37.1 Å². The summed E-state index contributed by atoms with van der Waals surface area (Å²) in [6.07, 6.45) is 0.536. The molecule has 1 atom stereocenters. The molecule has 0 aromatic heterocycles. The first kappa shape index (κ1) is 13.0. The van der Waals surface area contributed by atoms with Crippen LogP contribution in [-0.4, -0.2) is 25.5 Å². The highest BCUT2D eigenvalue weighted by Gasteiger charge is 2.28. The summed E-state index contributed by atoms with van der Waals surface area (Å²) in [6.45, 7) is 4.28. The van der Waals surface area contributed by atoms with E-state index in [9.17, 15) is 9.18 Å². The summed E-state index contributed by atoms with van der Waals surface area (Å²) in [5, 5.41) is 6.03. The molecule has 0 radical (unpaired) electrons. The molecule has 4 heteroatoms.